The number of hydrogen-bond donors (Lipinski definition) is 2. The molecule has 46 heavy (non-hydrogen) atoms. The normalized spacial score (nSPS) is 12.7. The maximum Gasteiger partial charge on any atom is 0.452 e. The zero-order valence-electron chi connectivity index (χ0n) is 25.6. The summed E-state index contributed by atoms with van der Waals surface area (Å²) < 4.78 is 54.0. The molecule has 0 aliphatic heterocycles. The Kier molecular flexibility index (Phi) is 14.2. The molecule has 2 N–H and O–H groups in total. The van der Waals surface area contributed by atoms with E-state index in [1.165, 1.54) is 0 Å². The van der Waals surface area contributed by atoms with E-state index in [2.05, 4.69) is 10.6 Å². The van der Waals surface area contributed by atoms with E-state index in [1.807, 2.05) is 36.8 Å². The minimum atomic E-state index is -3.96. The Morgan fingerprint density at radius 1 is 0.565 bits per heavy atom. The SMILES string of the molecule is CSCCC(NC(=S)NC(CCSC)P(=O)(Oc1ccccc1)Oc1ccccc1)P(=O)(Oc1ccccc1)Oc1ccccc1. The molecule has 0 bridgehead atoms. The third-order valence-electron chi connectivity index (χ3n) is 6.45. The van der Waals surface area contributed by atoms with E-state index in [1.54, 1.807) is 121 Å². The zero-order chi connectivity index (χ0) is 32.7. The topological polar surface area (TPSA) is 95.1 Å². The van der Waals surface area contributed by atoms with Crippen LogP contribution in [0.15, 0.2) is 121 Å². The average Bonchev–Trinajstić information content (AvgIpc) is 3.06. The molecule has 0 amide bonds. The van der Waals surface area contributed by atoms with E-state index in [0.717, 1.165) is 0 Å². The third-order valence-corrected chi connectivity index (χ3v) is 12.1. The van der Waals surface area contributed by atoms with Crippen molar-refractivity contribution >= 4 is 56.0 Å². The van der Waals surface area contributed by atoms with Gasteiger partial charge in [0, 0.05) is 0 Å². The van der Waals surface area contributed by atoms with Crippen LogP contribution in [-0.2, 0) is 9.13 Å². The van der Waals surface area contributed by atoms with E-state index >= 15 is 0 Å². The quantitative estimate of drug-likeness (QED) is 0.0762. The van der Waals surface area contributed by atoms with Gasteiger partial charge in [-0.05, 0) is 97.6 Å². The monoisotopic (exact) mass is 716 g/mol. The van der Waals surface area contributed by atoms with Crippen LogP contribution >= 0.6 is 50.9 Å². The second-order valence-electron chi connectivity index (χ2n) is 9.91. The van der Waals surface area contributed by atoms with Crippen molar-refractivity contribution in [3.63, 3.8) is 0 Å². The number of thioether (sulfide) groups is 2. The molecular formula is C33H38N2O6P2S3. The summed E-state index contributed by atoms with van der Waals surface area (Å²) in [7, 11) is -7.92. The smallest absolute Gasteiger partial charge is 0.415 e. The fourth-order valence-electron chi connectivity index (χ4n) is 4.23. The van der Waals surface area contributed by atoms with Crippen molar-refractivity contribution in [2.45, 2.75) is 24.4 Å². The first-order chi connectivity index (χ1) is 22.3. The van der Waals surface area contributed by atoms with Crippen molar-refractivity contribution < 1.29 is 27.2 Å². The largest absolute Gasteiger partial charge is 0.452 e. The first kappa shape index (κ1) is 35.8. The van der Waals surface area contributed by atoms with E-state index in [-0.39, 0.29) is 5.11 Å². The number of hydrogen-bond acceptors (Lipinski definition) is 9. The fraction of sp³-hybridized carbons (Fsp3) is 0.242. The van der Waals surface area contributed by atoms with E-state index in [0.29, 0.717) is 47.3 Å². The summed E-state index contributed by atoms with van der Waals surface area (Å²) in [5, 5.41) is 6.50. The van der Waals surface area contributed by atoms with Gasteiger partial charge < -0.3 is 28.7 Å². The van der Waals surface area contributed by atoms with Crippen LogP contribution in [0.4, 0.5) is 0 Å². The molecule has 0 heterocycles. The molecule has 2 unspecified atom stereocenters. The lowest BCUT2D eigenvalue weighted by Gasteiger charge is -2.32. The lowest BCUT2D eigenvalue weighted by atomic mass is 10.3. The van der Waals surface area contributed by atoms with Crippen molar-refractivity contribution in [3.05, 3.63) is 121 Å². The van der Waals surface area contributed by atoms with Gasteiger partial charge in [0.15, 0.2) is 16.7 Å². The Morgan fingerprint density at radius 3 is 1.07 bits per heavy atom. The predicted octanol–water partition coefficient (Wildman–Crippen LogP) is 9.31. The summed E-state index contributed by atoms with van der Waals surface area (Å²) in [4.78, 5) is 0. The lowest BCUT2D eigenvalue weighted by Crippen LogP contribution is -2.48. The van der Waals surface area contributed by atoms with Crippen molar-refractivity contribution in [1.29, 1.82) is 0 Å². The summed E-state index contributed by atoms with van der Waals surface area (Å²) in [5.74, 6) is 1.15. The van der Waals surface area contributed by atoms with E-state index < -0.39 is 26.8 Å². The average molecular weight is 717 g/mol. The summed E-state index contributed by atoms with van der Waals surface area (Å²) in [5.41, 5.74) is 0. The van der Waals surface area contributed by atoms with Gasteiger partial charge >= 0.3 is 15.2 Å². The molecule has 4 aromatic carbocycles. The predicted molar refractivity (Wildman–Crippen MR) is 196 cm³/mol. The van der Waals surface area contributed by atoms with Gasteiger partial charge in [-0.15, -0.1) is 0 Å². The molecule has 0 fully saturated rings. The molecule has 0 aliphatic carbocycles. The second kappa shape index (κ2) is 18.3. The van der Waals surface area contributed by atoms with E-state index in [4.69, 9.17) is 30.3 Å². The highest BCUT2D eigenvalue weighted by Crippen LogP contribution is 2.55. The van der Waals surface area contributed by atoms with E-state index in [9.17, 15) is 9.13 Å². The van der Waals surface area contributed by atoms with Crippen LogP contribution in [0, 0.1) is 0 Å². The molecule has 13 heteroatoms. The van der Waals surface area contributed by atoms with Gasteiger partial charge in [-0.25, -0.2) is 9.13 Å². The van der Waals surface area contributed by atoms with Crippen LogP contribution in [-0.4, -0.2) is 40.7 Å². The minimum Gasteiger partial charge on any atom is -0.415 e. The Labute approximate surface area is 285 Å². The standard InChI is InChI=1S/C33H38N2O6P2S3/c1-45-25-23-31(42(36,38-27-15-7-3-8-16-27)39-28-17-9-4-10-18-28)34-33(44)35-32(24-26-46-2)43(37,40-29-19-11-5-12-20-29)41-30-21-13-6-14-22-30/h3-22,31-32H,23-26H2,1-2H3,(H2,34,35,44). The second-order valence-corrected chi connectivity index (χ2v) is 16.4. The highest BCUT2D eigenvalue weighted by molar-refractivity contribution is 7.98. The van der Waals surface area contributed by atoms with Gasteiger partial charge in [0.2, 0.25) is 0 Å². The lowest BCUT2D eigenvalue weighted by molar-refractivity contribution is 0.362. The minimum absolute atomic E-state index is 0.110. The van der Waals surface area contributed by atoms with Gasteiger partial charge in [0.1, 0.15) is 23.0 Å². The number of benzene rings is 4. The van der Waals surface area contributed by atoms with Crippen molar-refractivity contribution in [3.8, 4) is 23.0 Å². The van der Waals surface area contributed by atoms with Crippen LogP contribution < -0.4 is 28.7 Å². The maximum atomic E-state index is 14.7. The van der Waals surface area contributed by atoms with Crippen LogP contribution in [0.1, 0.15) is 12.8 Å². The van der Waals surface area contributed by atoms with Gasteiger partial charge in [0.05, 0.1) is 0 Å². The molecule has 2 atom stereocenters. The van der Waals surface area contributed by atoms with Crippen molar-refractivity contribution in [2.75, 3.05) is 24.0 Å². The number of nitrogens with one attached hydrogen (secondary N) is 2. The zero-order valence-corrected chi connectivity index (χ0v) is 29.8. The van der Waals surface area contributed by atoms with Crippen molar-refractivity contribution in [1.82, 2.24) is 10.6 Å². The number of thiocarbonyl (C=S) groups is 1. The molecule has 0 saturated carbocycles. The number of rotatable bonds is 18. The van der Waals surface area contributed by atoms with Gasteiger partial charge in [0.25, 0.3) is 0 Å². The Morgan fingerprint density at radius 2 is 0.826 bits per heavy atom. The molecule has 0 saturated heterocycles. The Bertz CT molecular complexity index is 1370. The van der Waals surface area contributed by atoms with Crippen LogP contribution in [0.2, 0.25) is 0 Å². The molecular weight excluding hydrogens is 679 g/mol. The summed E-state index contributed by atoms with van der Waals surface area (Å²) in [6.07, 6.45) is 4.72. The number of para-hydroxylation sites is 4. The summed E-state index contributed by atoms with van der Waals surface area (Å²) in [6, 6.07) is 35.5. The first-order valence-corrected chi connectivity index (χ1v) is 21.0. The molecule has 0 aromatic heterocycles. The van der Waals surface area contributed by atoms with Gasteiger partial charge in [-0.2, -0.15) is 23.5 Å². The first-order valence-electron chi connectivity index (χ1n) is 14.6. The van der Waals surface area contributed by atoms with Gasteiger partial charge in [-0.3, -0.25) is 0 Å². The fourth-order valence-corrected chi connectivity index (χ4v) is 9.69. The van der Waals surface area contributed by atoms with Crippen LogP contribution in [0.5, 0.6) is 23.0 Å². The van der Waals surface area contributed by atoms with Gasteiger partial charge in [-0.1, -0.05) is 72.8 Å². The molecule has 8 nitrogen and oxygen atoms in total. The molecule has 0 radical (unpaired) electrons. The third kappa shape index (κ3) is 11.0. The highest BCUT2D eigenvalue weighted by atomic mass is 32.2. The summed E-state index contributed by atoms with van der Waals surface area (Å²) in [6.45, 7) is 0. The Balaban J connectivity index is 1.64. The molecule has 0 spiro atoms. The Hall–Kier alpha value is -3.07. The van der Waals surface area contributed by atoms with Crippen LogP contribution in [0.3, 0.4) is 0 Å². The maximum absolute atomic E-state index is 14.7. The molecule has 4 aromatic rings. The van der Waals surface area contributed by atoms with Crippen LogP contribution in [0.25, 0.3) is 0 Å². The molecule has 244 valence electrons. The van der Waals surface area contributed by atoms with Crippen molar-refractivity contribution in [2.24, 2.45) is 0 Å². The molecule has 0 aliphatic rings. The highest BCUT2D eigenvalue weighted by Gasteiger charge is 2.43. The molecule has 4 rings (SSSR count). The summed E-state index contributed by atoms with van der Waals surface area (Å²) >= 11 is 8.99.